The first kappa shape index (κ1) is 15.0. The molecule has 0 radical (unpaired) electrons. The maximum absolute atomic E-state index is 12.6. The Morgan fingerprint density at radius 3 is 2.70 bits per heavy atom. The first-order valence-electron chi connectivity index (χ1n) is 6.04. The van der Waals surface area contributed by atoms with Crippen LogP contribution in [0.4, 0.5) is 8.78 Å². The zero-order chi connectivity index (χ0) is 14.8. The summed E-state index contributed by atoms with van der Waals surface area (Å²) >= 11 is 3.30. The molecule has 1 N–H and O–H groups in total. The molecule has 4 nitrogen and oxygen atoms in total. The maximum Gasteiger partial charge on any atom is 0.258 e. The quantitative estimate of drug-likeness (QED) is 0.889. The van der Waals surface area contributed by atoms with Crippen molar-refractivity contribution >= 4 is 21.8 Å². The first-order chi connectivity index (χ1) is 9.41. The summed E-state index contributed by atoms with van der Waals surface area (Å²) in [6, 6.07) is 4.68. The van der Waals surface area contributed by atoms with Crippen LogP contribution < -0.4 is 14.8 Å². The van der Waals surface area contributed by atoms with Gasteiger partial charge in [0.25, 0.3) is 11.8 Å². The van der Waals surface area contributed by atoms with E-state index in [0.717, 1.165) is 0 Å². The number of rotatable bonds is 5. The van der Waals surface area contributed by atoms with Crippen molar-refractivity contribution in [1.29, 1.82) is 0 Å². The van der Waals surface area contributed by atoms with Crippen LogP contribution in [0.2, 0.25) is 0 Å². The molecular formula is C13H14BrF2NO3. The highest BCUT2D eigenvalue weighted by molar-refractivity contribution is 9.10. The molecule has 1 saturated carbocycles. The Hall–Kier alpha value is -1.37. The number of ether oxygens (including phenoxy) is 2. The van der Waals surface area contributed by atoms with Gasteiger partial charge in [-0.2, -0.15) is 0 Å². The molecule has 1 aromatic carbocycles. The third-order valence-corrected chi connectivity index (χ3v) is 3.74. The molecule has 0 heterocycles. The van der Waals surface area contributed by atoms with Gasteiger partial charge in [0.2, 0.25) is 0 Å². The number of alkyl halides is 2. The van der Waals surface area contributed by atoms with Crippen LogP contribution in [-0.4, -0.2) is 31.6 Å². The van der Waals surface area contributed by atoms with E-state index in [1.54, 1.807) is 18.2 Å². The van der Waals surface area contributed by atoms with E-state index in [2.05, 4.69) is 21.2 Å². The minimum Gasteiger partial charge on any atom is -0.495 e. The minimum atomic E-state index is -2.64. The van der Waals surface area contributed by atoms with Crippen molar-refractivity contribution in [2.45, 2.75) is 24.8 Å². The van der Waals surface area contributed by atoms with Crippen LogP contribution in [0, 0.1) is 0 Å². The van der Waals surface area contributed by atoms with E-state index >= 15 is 0 Å². The number of methoxy groups -OCH3 is 1. The summed E-state index contributed by atoms with van der Waals surface area (Å²) in [6.07, 6.45) is -0.608. The number of benzene rings is 1. The standard InChI is InChI=1S/C13H14BrF2NO3/c1-19-9-3-2-4-10(12(9)14)20-7-11(18)17-8-5-13(15,16)6-8/h2-4,8H,5-7H2,1H3,(H,17,18). The van der Waals surface area contributed by atoms with Gasteiger partial charge in [-0.3, -0.25) is 4.79 Å². The number of carbonyl (C=O) groups excluding carboxylic acids is 1. The van der Waals surface area contributed by atoms with Crippen molar-refractivity contribution in [2.75, 3.05) is 13.7 Å². The molecule has 7 heteroatoms. The fourth-order valence-electron chi connectivity index (χ4n) is 1.94. The van der Waals surface area contributed by atoms with Crippen LogP contribution in [0.5, 0.6) is 11.5 Å². The summed E-state index contributed by atoms with van der Waals surface area (Å²) < 4.78 is 36.3. The molecule has 1 amide bonds. The van der Waals surface area contributed by atoms with Crippen LogP contribution in [0.3, 0.4) is 0 Å². The summed E-state index contributed by atoms with van der Waals surface area (Å²) in [6.45, 7) is -0.228. The average Bonchev–Trinajstić information content (AvgIpc) is 2.35. The zero-order valence-corrected chi connectivity index (χ0v) is 12.4. The van der Waals surface area contributed by atoms with Gasteiger partial charge in [0.05, 0.1) is 7.11 Å². The largest absolute Gasteiger partial charge is 0.495 e. The zero-order valence-electron chi connectivity index (χ0n) is 10.8. The number of carbonyl (C=O) groups is 1. The molecule has 0 unspecified atom stereocenters. The highest BCUT2D eigenvalue weighted by Crippen LogP contribution is 2.37. The molecule has 2 rings (SSSR count). The van der Waals surface area contributed by atoms with Crippen molar-refractivity contribution in [3.05, 3.63) is 22.7 Å². The number of hydrogen-bond donors (Lipinski definition) is 1. The Bertz CT molecular complexity index is 502. The van der Waals surface area contributed by atoms with Crippen LogP contribution in [-0.2, 0) is 4.79 Å². The molecule has 0 atom stereocenters. The average molecular weight is 350 g/mol. The second-order valence-corrected chi connectivity index (χ2v) is 5.38. The van der Waals surface area contributed by atoms with Gasteiger partial charge in [-0.1, -0.05) is 6.07 Å². The van der Waals surface area contributed by atoms with Crippen LogP contribution in [0.15, 0.2) is 22.7 Å². The molecule has 1 aromatic rings. The molecule has 1 aliphatic carbocycles. The predicted molar refractivity (Wildman–Crippen MR) is 72.3 cm³/mol. The Morgan fingerprint density at radius 2 is 2.10 bits per heavy atom. The summed E-state index contributed by atoms with van der Waals surface area (Å²) in [5.41, 5.74) is 0. The van der Waals surface area contributed by atoms with Crippen molar-refractivity contribution < 1.29 is 23.0 Å². The molecule has 0 aliphatic heterocycles. The van der Waals surface area contributed by atoms with Crippen molar-refractivity contribution in [3.8, 4) is 11.5 Å². The SMILES string of the molecule is COc1cccc(OCC(=O)NC2CC(F)(F)C2)c1Br. The van der Waals surface area contributed by atoms with E-state index in [0.29, 0.717) is 16.0 Å². The van der Waals surface area contributed by atoms with E-state index < -0.39 is 17.9 Å². The summed E-state index contributed by atoms with van der Waals surface area (Å²) in [4.78, 5) is 11.6. The normalized spacial score (nSPS) is 17.2. The Kier molecular flexibility index (Phi) is 4.47. The molecule has 110 valence electrons. The Morgan fingerprint density at radius 1 is 1.45 bits per heavy atom. The molecule has 0 bridgehead atoms. The van der Waals surface area contributed by atoms with Gasteiger partial charge in [-0.05, 0) is 28.1 Å². The number of hydrogen-bond acceptors (Lipinski definition) is 3. The number of nitrogens with one attached hydrogen (secondary N) is 1. The van der Waals surface area contributed by atoms with Gasteiger partial charge >= 0.3 is 0 Å². The molecule has 0 spiro atoms. The molecule has 1 aliphatic rings. The Labute approximate surface area is 123 Å². The smallest absolute Gasteiger partial charge is 0.258 e. The fraction of sp³-hybridized carbons (Fsp3) is 0.462. The maximum atomic E-state index is 12.6. The molecule has 1 fully saturated rings. The molecule has 20 heavy (non-hydrogen) atoms. The number of halogens is 3. The second kappa shape index (κ2) is 5.95. The van der Waals surface area contributed by atoms with E-state index in [9.17, 15) is 13.6 Å². The van der Waals surface area contributed by atoms with Crippen molar-refractivity contribution in [2.24, 2.45) is 0 Å². The molecular weight excluding hydrogens is 336 g/mol. The lowest BCUT2D eigenvalue weighted by Crippen LogP contribution is -2.51. The topological polar surface area (TPSA) is 47.6 Å². The van der Waals surface area contributed by atoms with Crippen LogP contribution in [0.25, 0.3) is 0 Å². The summed E-state index contributed by atoms with van der Waals surface area (Å²) in [7, 11) is 1.52. The van der Waals surface area contributed by atoms with E-state index in [4.69, 9.17) is 9.47 Å². The Balaban J connectivity index is 1.82. The number of amides is 1. The van der Waals surface area contributed by atoms with E-state index in [1.807, 2.05) is 0 Å². The summed E-state index contributed by atoms with van der Waals surface area (Å²) in [5.74, 6) is -2.02. The van der Waals surface area contributed by atoms with Crippen molar-refractivity contribution in [1.82, 2.24) is 5.32 Å². The molecule has 0 aromatic heterocycles. The minimum absolute atomic E-state index is 0.228. The lowest BCUT2D eigenvalue weighted by molar-refractivity contribution is -0.131. The second-order valence-electron chi connectivity index (χ2n) is 4.59. The first-order valence-corrected chi connectivity index (χ1v) is 6.83. The van der Waals surface area contributed by atoms with Gasteiger partial charge in [-0.25, -0.2) is 8.78 Å². The van der Waals surface area contributed by atoms with Crippen LogP contribution >= 0.6 is 15.9 Å². The van der Waals surface area contributed by atoms with Gasteiger partial charge in [0.15, 0.2) is 6.61 Å². The summed E-state index contributed by atoms with van der Waals surface area (Å²) in [5, 5.41) is 2.50. The van der Waals surface area contributed by atoms with E-state index in [1.165, 1.54) is 7.11 Å². The third-order valence-electron chi connectivity index (χ3n) is 2.96. The van der Waals surface area contributed by atoms with Gasteiger partial charge in [0.1, 0.15) is 16.0 Å². The fourth-order valence-corrected chi connectivity index (χ4v) is 2.48. The van der Waals surface area contributed by atoms with Crippen LogP contribution in [0.1, 0.15) is 12.8 Å². The molecule has 0 saturated heterocycles. The lowest BCUT2D eigenvalue weighted by Gasteiger charge is -2.35. The van der Waals surface area contributed by atoms with E-state index in [-0.39, 0.29) is 19.4 Å². The monoisotopic (exact) mass is 349 g/mol. The van der Waals surface area contributed by atoms with Gasteiger partial charge in [0, 0.05) is 18.9 Å². The predicted octanol–water partition coefficient (Wildman–Crippen LogP) is 2.75. The van der Waals surface area contributed by atoms with Gasteiger partial charge in [-0.15, -0.1) is 0 Å². The lowest BCUT2D eigenvalue weighted by atomic mass is 9.88. The highest BCUT2D eigenvalue weighted by Gasteiger charge is 2.45. The third kappa shape index (κ3) is 3.59. The van der Waals surface area contributed by atoms with Crippen molar-refractivity contribution in [3.63, 3.8) is 0 Å². The highest BCUT2D eigenvalue weighted by atomic mass is 79.9. The van der Waals surface area contributed by atoms with Gasteiger partial charge < -0.3 is 14.8 Å².